The van der Waals surface area contributed by atoms with Crippen LogP contribution in [0.5, 0.6) is 0 Å². The second kappa shape index (κ2) is 6.67. The molecule has 2 aliphatic carbocycles. The van der Waals surface area contributed by atoms with E-state index in [0.717, 1.165) is 37.7 Å². The summed E-state index contributed by atoms with van der Waals surface area (Å²) in [4.78, 5) is 25.2. The van der Waals surface area contributed by atoms with E-state index in [4.69, 9.17) is 0 Å². The minimum Gasteiger partial charge on any atom is -0.350 e. The summed E-state index contributed by atoms with van der Waals surface area (Å²) in [6.07, 6.45) is 2.52. The summed E-state index contributed by atoms with van der Waals surface area (Å²) in [7, 11) is 0. The highest BCUT2D eigenvalue weighted by Crippen LogP contribution is 2.49. The lowest BCUT2D eigenvalue weighted by Crippen LogP contribution is -2.51. The van der Waals surface area contributed by atoms with Crippen molar-refractivity contribution in [3.05, 3.63) is 24.2 Å². The van der Waals surface area contributed by atoms with Gasteiger partial charge in [-0.25, -0.2) is 4.98 Å². The lowest BCUT2D eigenvalue weighted by Gasteiger charge is -2.37. The second-order valence-corrected chi connectivity index (χ2v) is 9.29. The first-order valence-corrected chi connectivity index (χ1v) is 10.8. The first-order valence-electron chi connectivity index (χ1n) is 10.8. The molecule has 10 heteroatoms. The number of nitrogens with zero attached hydrogens (tertiary/aromatic N) is 5. The lowest BCUT2D eigenvalue weighted by molar-refractivity contribution is -0.159. The number of hydrogen-bond donors (Lipinski definition) is 0. The number of pyridine rings is 1. The monoisotopic (exact) mass is 433 g/mol. The van der Waals surface area contributed by atoms with Gasteiger partial charge in [0.25, 0.3) is 0 Å². The van der Waals surface area contributed by atoms with E-state index in [0.29, 0.717) is 17.4 Å². The van der Waals surface area contributed by atoms with Crippen LogP contribution in [0.1, 0.15) is 38.0 Å². The van der Waals surface area contributed by atoms with Gasteiger partial charge in [-0.3, -0.25) is 4.79 Å². The average Bonchev–Trinajstić information content (AvgIpc) is 3.57. The zero-order chi connectivity index (χ0) is 21.3. The Hall–Kier alpha value is -2.65. The molecule has 164 valence electrons. The lowest BCUT2D eigenvalue weighted by atomic mass is 9.87. The molecule has 0 radical (unpaired) electrons. The number of carbonyl (C=O) groups is 1. The number of piperazine rings is 1. The molecule has 2 aromatic rings. The van der Waals surface area contributed by atoms with Crippen molar-refractivity contribution in [1.29, 1.82) is 0 Å². The highest BCUT2D eigenvalue weighted by Gasteiger charge is 2.50. The summed E-state index contributed by atoms with van der Waals surface area (Å²) in [6, 6.07) is 3.86. The molecule has 0 N–H and O–H groups in total. The van der Waals surface area contributed by atoms with E-state index >= 15 is 0 Å². The molecule has 4 bridgehead atoms. The zero-order valence-electron chi connectivity index (χ0n) is 16.8. The molecule has 5 atom stereocenters. The molecular weight excluding hydrogens is 411 g/mol. The van der Waals surface area contributed by atoms with Crippen molar-refractivity contribution >= 4 is 11.7 Å². The van der Waals surface area contributed by atoms with E-state index in [1.165, 1.54) is 25.5 Å². The molecule has 2 aromatic heterocycles. The molecule has 4 fully saturated rings. The fraction of sp³-hybridized carbons (Fsp3) is 0.619. The van der Waals surface area contributed by atoms with Crippen molar-refractivity contribution in [2.75, 3.05) is 18.0 Å². The Morgan fingerprint density at radius 1 is 1.10 bits per heavy atom. The first-order chi connectivity index (χ1) is 14.9. The van der Waals surface area contributed by atoms with Crippen LogP contribution in [0.15, 0.2) is 22.9 Å². The van der Waals surface area contributed by atoms with Gasteiger partial charge in [-0.2, -0.15) is 18.2 Å². The number of halogens is 3. The SMILES string of the molecule is O=C([C@@H]1CC2CCC1C2)N1CC2CC1CN2c1ccc(-c2noc(C(F)(F)F)n2)cn1. The van der Waals surface area contributed by atoms with Gasteiger partial charge in [0.05, 0.1) is 12.1 Å². The topological polar surface area (TPSA) is 75.4 Å². The third kappa shape index (κ3) is 3.10. The van der Waals surface area contributed by atoms with Crippen LogP contribution >= 0.6 is 0 Å². The number of amides is 1. The van der Waals surface area contributed by atoms with Crippen LogP contribution in [0.25, 0.3) is 11.4 Å². The fourth-order valence-electron chi connectivity index (χ4n) is 6.12. The third-order valence-electron chi connectivity index (χ3n) is 7.55. The van der Waals surface area contributed by atoms with Gasteiger partial charge in [-0.05, 0) is 49.7 Å². The van der Waals surface area contributed by atoms with E-state index in [1.54, 1.807) is 12.1 Å². The predicted octanol–water partition coefficient (Wildman–Crippen LogP) is 3.38. The summed E-state index contributed by atoms with van der Waals surface area (Å²) < 4.78 is 42.3. The Morgan fingerprint density at radius 2 is 1.97 bits per heavy atom. The zero-order valence-corrected chi connectivity index (χ0v) is 16.8. The molecule has 2 saturated carbocycles. The number of alkyl halides is 3. The Morgan fingerprint density at radius 3 is 2.55 bits per heavy atom. The number of hydrogen-bond acceptors (Lipinski definition) is 6. The van der Waals surface area contributed by atoms with Crippen molar-refractivity contribution in [2.24, 2.45) is 17.8 Å². The highest BCUT2D eigenvalue weighted by molar-refractivity contribution is 5.81. The molecule has 0 spiro atoms. The van der Waals surface area contributed by atoms with Gasteiger partial charge in [-0.15, -0.1) is 0 Å². The van der Waals surface area contributed by atoms with Crippen molar-refractivity contribution < 1.29 is 22.5 Å². The van der Waals surface area contributed by atoms with Gasteiger partial charge in [0.2, 0.25) is 11.7 Å². The molecule has 0 aromatic carbocycles. The highest BCUT2D eigenvalue weighted by atomic mass is 19.4. The van der Waals surface area contributed by atoms with Gasteiger partial charge in [0, 0.05) is 30.8 Å². The van der Waals surface area contributed by atoms with Crippen LogP contribution < -0.4 is 4.90 Å². The van der Waals surface area contributed by atoms with Crippen LogP contribution in [-0.4, -0.2) is 51.1 Å². The van der Waals surface area contributed by atoms with Gasteiger partial charge in [0.15, 0.2) is 0 Å². The maximum absolute atomic E-state index is 13.1. The third-order valence-corrected chi connectivity index (χ3v) is 7.55. The fourth-order valence-corrected chi connectivity index (χ4v) is 6.12. The second-order valence-electron chi connectivity index (χ2n) is 9.29. The molecule has 2 saturated heterocycles. The number of likely N-dealkylation sites (tertiary alicyclic amines) is 1. The molecule has 4 heterocycles. The molecular formula is C21H22F3N5O2. The van der Waals surface area contributed by atoms with Crippen molar-refractivity contribution in [3.63, 3.8) is 0 Å². The van der Waals surface area contributed by atoms with Crippen molar-refractivity contribution in [3.8, 4) is 11.4 Å². The largest absolute Gasteiger partial charge is 0.471 e. The molecule has 6 rings (SSSR count). The molecule has 4 unspecified atom stereocenters. The average molecular weight is 433 g/mol. The summed E-state index contributed by atoms with van der Waals surface area (Å²) >= 11 is 0. The van der Waals surface area contributed by atoms with E-state index < -0.39 is 12.1 Å². The minimum absolute atomic E-state index is 0.142. The number of aromatic nitrogens is 3. The van der Waals surface area contributed by atoms with E-state index in [9.17, 15) is 18.0 Å². The molecule has 4 aliphatic rings. The molecule has 1 amide bonds. The normalized spacial score (nSPS) is 31.8. The van der Waals surface area contributed by atoms with Gasteiger partial charge in [-0.1, -0.05) is 11.6 Å². The van der Waals surface area contributed by atoms with Crippen LogP contribution in [0.4, 0.5) is 19.0 Å². The van der Waals surface area contributed by atoms with E-state index in [2.05, 4.69) is 29.4 Å². The smallest absolute Gasteiger partial charge is 0.350 e. The van der Waals surface area contributed by atoms with Crippen molar-refractivity contribution in [1.82, 2.24) is 20.0 Å². The predicted molar refractivity (Wildman–Crippen MR) is 103 cm³/mol. The Bertz CT molecular complexity index is 1010. The van der Waals surface area contributed by atoms with Crippen LogP contribution in [0.2, 0.25) is 0 Å². The molecule has 2 aliphatic heterocycles. The Balaban J connectivity index is 1.13. The first kappa shape index (κ1) is 19.1. The van der Waals surface area contributed by atoms with Gasteiger partial charge < -0.3 is 14.3 Å². The quantitative estimate of drug-likeness (QED) is 0.739. The number of rotatable bonds is 3. The summed E-state index contributed by atoms with van der Waals surface area (Å²) in [5.74, 6) is 1.15. The van der Waals surface area contributed by atoms with E-state index in [-0.39, 0.29) is 23.8 Å². The summed E-state index contributed by atoms with van der Waals surface area (Å²) in [5.41, 5.74) is 0.362. The Labute approximate surface area is 176 Å². The number of fused-ring (bicyclic) bond motifs is 4. The maximum atomic E-state index is 13.1. The van der Waals surface area contributed by atoms with Crippen LogP contribution in [0, 0.1) is 17.8 Å². The van der Waals surface area contributed by atoms with Gasteiger partial charge >= 0.3 is 12.1 Å². The van der Waals surface area contributed by atoms with Crippen LogP contribution in [0.3, 0.4) is 0 Å². The van der Waals surface area contributed by atoms with Crippen LogP contribution in [-0.2, 0) is 11.0 Å². The maximum Gasteiger partial charge on any atom is 0.471 e. The molecule has 7 nitrogen and oxygen atoms in total. The summed E-state index contributed by atoms with van der Waals surface area (Å²) in [5, 5.41) is 3.40. The summed E-state index contributed by atoms with van der Waals surface area (Å²) in [6.45, 7) is 1.46. The molecule has 31 heavy (non-hydrogen) atoms. The van der Waals surface area contributed by atoms with Crippen molar-refractivity contribution in [2.45, 2.75) is 50.4 Å². The van der Waals surface area contributed by atoms with Gasteiger partial charge in [0.1, 0.15) is 5.82 Å². The number of anilines is 1. The number of carbonyl (C=O) groups excluding carboxylic acids is 1. The van der Waals surface area contributed by atoms with E-state index in [1.807, 2.05) is 0 Å². The minimum atomic E-state index is -4.67. The standard InChI is InChI=1S/C21H22F3N5O2/c22-21(23,24)20-26-18(27-31-20)13-3-4-17(25-8-13)28-9-15-7-14(28)10-29(15)19(30)16-6-11-1-2-12(16)5-11/h3-4,8,11-12,14-16H,1-2,5-7,9-10H2/t11?,12?,14?,15?,16-/m1/s1. The Kier molecular flexibility index (Phi) is 4.10.